The van der Waals surface area contributed by atoms with Gasteiger partial charge < -0.3 is 15.7 Å². The summed E-state index contributed by atoms with van der Waals surface area (Å²) >= 11 is 0. The van der Waals surface area contributed by atoms with Crippen molar-refractivity contribution in [1.29, 1.82) is 0 Å². The number of hydrogen-bond acceptors (Lipinski definition) is 3. The Bertz CT molecular complexity index is 128. The second-order valence-corrected chi connectivity index (χ2v) is 3.68. The summed E-state index contributed by atoms with van der Waals surface area (Å²) < 4.78 is 0. The minimum Gasteiger partial charge on any atom is -0.393 e. The van der Waals surface area contributed by atoms with E-state index < -0.39 is 0 Å². The molecule has 2 aliphatic rings. The minimum atomic E-state index is -0.0261. The quantitative estimate of drug-likeness (QED) is 0.503. The van der Waals surface area contributed by atoms with Crippen LogP contribution >= 0.6 is 0 Å². The third-order valence-electron chi connectivity index (χ3n) is 2.64. The first-order valence-electron chi connectivity index (χ1n) is 4.49. The standard InChI is InChI=1S/C8H16N2O/c11-8-3-7(4-8)10-6-1-2-9-5-6/h6-11H,1-5H2/t6?,7-,8+. The van der Waals surface area contributed by atoms with E-state index >= 15 is 0 Å². The van der Waals surface area contributed by atoms with Crippen LogP contribution in [-0.4, -0.2) is 36.4 Å². The van der Waals surface area contributed by atoms with E-state index in [1.54, 1.807) is 0 Å². The smallest absolute Gasteiger partial charge is 0.0570 e. The van der Waals surface area contributed by atoms with Crippen molar-refractivity contribution in [3.05, 3.63) is 0 Å². The molecule has 1 saturated carbocycles. The second kappa shape index (κ2) is 3.09. The summed E-state index contributed by atoms with van der Waals surface area (Å²) in [5, 5.41) is 15.9. The number of hydrogen-bond donors (Lipinski definition) is 3. The molecule has 1 atom stereocenters. The fourth-order valence-electron chi connectivity index (χ4n) is 1.85. The summed E-state index contributed by atoms with van der Waals surface area (Å²) in [6.45, 7) is 2.25. The van der Waals surface area contributed by atoms with Crippen molar-refractivity contribution < 1.29 is 5.11 Å². The van der Waals surface area contributed by atoms with Gasteiger partial charge in [-0.3, -0.25) is 0 Å². The van der Waals surface area contributed by atoms with Gasteiger partial charge in [0.05, 0.1) is 6.10 Å². The third-order valence-corrected chi connectivity index (χ3v) is 2.64. The summed E-state index contributed by atoms with van der Waals surface area (Å²) in [4.78, 5) is 0. The first-order chi connectivity index (χ1) is 5.34. The lowest BCUT2D eigenvalue weighted by atomic mass is 9.89. The summed E-state index contributed by atoms with van der Waals surface area (Å²) in [5.41, 5.74) is 0. The number of rotatable bonds is 2. The monoisotopic (exact) mass is 156 g/mol. The summed E-state index contributed by atoms with van der Waals surface area (Å²) in [5.74, 6) is 0. The molecule has 1 unspecified atom stereocenters. The van der Waals surface area contributed by atoms with Gasteiger partial charge in [0.1, 0.15) is 0 Å². The highest BCUT2D eigenvalue weighted by Crippen LogP contribution is 2.20. The van der Waals surface area contributed by atoms with Crippen molar-refractivity contribution in [3.8, 4) is 0 Å². The molecular weight excluding hydrogens is 140 g/mol. The third kappa shape index (κ3) is 1.72. The molecule has 64 valence electrons. The zero-order valence-electron chi connectivity index (χ0n) is 6.71. The first kappa shape index (κ1) is 7.53. The predicted molar refractivity (Wildman–Crippen MR) is 43.4 cm³/mol. The Hall–Kier alpha value is -0.120. The van der Waals surface area contributed by atoms with E-state index in [9.17, 15) is 0 Å². The van der Waals surface area contributed by atoms with Crippen LogP contribution in [0.4, 0.5) is 0 Å². The Balaban J connectivity index is 1.66. The van der Waals surface area contributed by atoms with Crippen LogP contribution in [0.25, 0.3) is 0 Å². The molecule has 0 aromatic carbocycles. The zero-order chi connectivity index (χ0) is 7.68. The highest BCUT2D eigenvalue weighted by molar-refractivity contribution is 4.89. The maximum Gasteiger partial charge on any atom is 0.0570 e. The molecule has 11 heavy (non-hydrogen) atoms. The Kier molecular flexibility index (Phi) is 2.11. The molecule has 2 rings (SSSR count). The average Bonchev–Trinajstić information content (AvgIpc) is 2.36. The van der Waals surface area contributed by atoms with Gasteiger partial charge in [-0.2, -0.15) is 0 Å². The SMILES string of the molecule is O[C@H]1C[C@@H](NC2CCNC2)C1. The fourth-order valence-corrected chi connectivity index (χ4v) is 1.85. The number of aliphatic hydroxyl groups is 1. The van der Waals surface area contributed by atoms with Crippen LogP contribution in [0.1, 0.15) is 19.3 Å². The van der Waals surface area contributed by atoms with E-state index in [-0.39, 0.29) is 6.10 Å². The van der Waals surface area contributed by atoms with E-state index in [4.69, 9.17) is 5.11 Å². The van der Waals surface area contributed by atoms with Gasteiger partial charge in [0.15, 0.2) is 0 Å². The largest absolute Gasteiger partial charge is 0.393 e. The van der Waals surface area contributed by atoms with Crippen LogP contribution in [0.5, 0.6) is 0 Å². The van der Waals surface area contributed by atoms with E-state index in [1.807, 2.05) is 0 Å². The molecule has 0 bridgehead atoms. The Labute approximate surface area is 67.2 Å². The molecule has 0 aromatic heterocycles. The van der Waals surface area contributed by atoms with Gasteiger partial charge in [-0.1, -0.05) is 0 Å². The normalized spacial score (nSPS) is 43.9. The summed E-state index contributed by atoms with van der Waals surface area (Å²) in [6, 6.07) is 1.25. The lowest BCUT2D eigenvalue weighted by Crippen LogP contribution is -2.49. The van der Waals surface area contributed by atoms with Crippen LogP contribution in [-0.2, 0) is 0 Å². The molecular formula is C8H16N2O. The van der Waals surface area contributed by atoms with Gasteiger partial charge in [0.2, 0.25) is 0 Å². The highest BCUT2D eigenvalue weighted by Gasteiger charge is 2.29. The molecule has 0 spiro atoms. The molecule has 2 fully saturated rings. The minimum absolute atomic E-state index is 0.0261. The molecule has 1 heterocycles. The van der Waals surface area contributed by atoms with Crippen LogP contribution in [0.15, 0.2) is 0 Å². The Morgan fingerprint density at radius 1 is 1.27 bits per heavy atom. The van der Waals surface area contributed by atoms with Gasteiger partial charge in [-0.25, -0.2) is 0 Å². The summed E-state index contributed by atoms with van der Waals surface area (Å²) in [7, 11) is 0. The van der Waals surface area contributed by atoms with Crippen LogP contribution in [0.2, 0.25) is 0 Å². The molecule has 0 aromatic rings. The van der Waals surface area contributed by atoms with Crippen molar-refractivity contribution in [3.63, 3.8) is 0 Å². The van der Waals surface area contributed by atoms with Crippen LogP contribution in [0, 0.1) is 0 Å². The molecule has 0 amide bonds. The van der Waals surface area contributed by atoms with Gasteiger partial charge >= 0.3 is 0 Å². The number of nitrogens with one attached hydrogen (secondary N) is 2. The van der Waals surface area contributed by atoms with Gasteiger partial charge in [-0.05, 0) is 25.8 Å². The lowest BCUT2D eigenvalue weighted by Gasteiger charge is -2.34. The molecule has 3 nitrogen and oxygen atoms in total. The average molecular weight is 156 g/mol. The van der Waals surface area contributed by atoms with Crippen molar-refractivity contribution in [2.75, 3.05) is 13.1 Å². The molecule has 1 aliphatic heterocycles. The van der Waals surface area contributed by atoms with Gasteiger partial charge in [-0.15, -0.1) is 0 Å². The Morgan fingerprint density at radius 2 is 2.09 bits per heavy atom. The fraction of sp³-hybridized carbons (Fsp3) is 1.00. The van der Waals surface area contributed by atoms with Crippen molar-refractivity contribution in [2.24, 2.45) is 0 Å². The van der Waals surface area contributed by atoms with Gasteiger partial charge in [0.25, 0.3) is 0 Å². The predicted octanol–water partition coefficient (Wildman–Crippen LogP) is -0.539. The highest BCUT2D eigenvalue weighted by atomic mass is 16.3. The van der Waals surface area contributed by atoms with Gasteiger partial charge in [0, 0.05) is 18.6 Å². The molecule has 0 radical (unpaired) electrons. The van der Waals surface area contributed by atoms with Crippen molar-refractivity contribution >= 4 is 0 Å². The molecule has 1 saturated heterocycles. The molecule has 3 N–H and O–H groups in total. The molecule has 3 heteroatoms. The molecule has 1 aliphatic carbocycles. The van der Waals surface area contributed by atoms with E-state index in [2.05, 4.69) is 10.6 Å². The van der Waals surface area contributed by atoms with Crippen LogP contribution in [0.3, 0.4) is 0 Å². The maximum absolute atomic E-state index is 9.04. The van der Waals surface area contributed by atoms with E-state index in [1.165, 1.54) is 6.42 Å². The zero-order valence-corrected chi connectivity index (χ0v) is 6.71. The van der Waals surface area contributed by atoms with E-state index in [0.717, 1.165) is 25.9 Å². The van der Waals surface area contributed by atoms with E-state index in [0.29, 0.717) is 12.1 Å². The van der Waals surface area contributed by atoms with Crippen molar-refractivity contribution in [2.45, 2.75) is 37.5 Å². The van der Waals surface area contributed by atoms with Crippen molar-refractivity contribution in [1.82, 2.24) is 10.6 Å². The number of aliphatic hydroxyl groups excluding tert-OH is 1. The topological polar surface area (TPSA) is 44.3 Å². The van der Waals surface area contributed by atoms with Crippen LogP contribution < -0.4 is 10.6 Å². The summed E-state index contributed by atoms with van der Waals surface area (Å²) in [6.07, 6.45) is 3.13. The maximum atomic E-state index is 9.04. The first-order valence-corrected chi connectivity index (χ1v) is 4.49. The Morgan fingerprint density at radius 3 is 2.64 bits per heavy atom. The lowest BCUT2D eigenvalue weighted by molar-refractivity contribution is 0.0587. The second-order valence-electron chi connectivity index (χ2n) is 3.68.